The molecule has 0 aliphatic rings. The number of nitrogens with two attached hydrogens (primary N) is 1. The van der Waals surface area contributed by atoms with Crippen molar-refractivity contribution in [1.82, 2.24) is 5.32 Å². The van der Waals surface area contributed by atoms with E-state index in [1.807, 2.05) is 18.2 Å². The van der Waals surface area contributed by atoms with Crippen LogP contribution in [0.3, 0.4) is 0 Å². The van der Waals surface area contributed by atoms with E-state index < -0.39 is 0 Å². The highest BCUT2D eigenvalue weighted by Gasteiger charge is 2.02. The molecule has 0 aliphatic heterocycles. The van der Waals surface area contributed by atoms with Gasteiger partial charge in [-0.05, 0) is 25.0 Å². The molecule has 0 heterocycles. The number of hydrogen-bond donors (Lipinski definition) is 2. The zero-order chi connectivity index (χ0) is 11.8. The number of unbranched alkanes of at least 4 members (excludes halogenated alkanes) is 2. The van der Waals surface area contributed by atoms with Gasteiger partial charge in [0.05, 0.1) is 0 Å². The monoisotopic (exact) mass is 220 g/mol. The lowest BCUT2D eigenvalue weighted by Crippen LogP contribution is -2.25. The smallest absolute Gasteiger partial charge is 0.0359 e. The molecule has 2 nitrogen and oxygen atoms in total. The number of rotatable bonds is 7. The van der Waals surface area contributed by atoms with Crippen LogP contribution in [0.15, 0.2) is 24.3 Å². The second-order valence-electron chi connectivity index (χ2n) is 4.48. The van der Waals surface area contributed by atoms with Crippen LogP contribution in [0, 0.1) is 0 Å². The standard InChI is InChI=1S/C14H24N2/c1-3-4-5-8-12(2)16-11-13-9-6-7-10-14(13)15/h6-7,9-10,12,16H,3-5,8,11,15H2,1-2H3. The van der Waals surface area contributed by atoms with Gasteiger partial charge in [-0.2, -0.15) is 0 Å². The zero-order valence-corrected chi connectivity index (χ0v) is 10.5. The summed E-state index contributed by atoms with van der Waals surface area (Å²) in [7, 11) is 0. The van der Waals surface area contributed by atoms with Gasteiger partial charge >= 0.3 is 0 Å². The maximum atomic E-state index is 5.89. The fourth-order valence-corrected chi connectivity index (χ4v) is 1.78. The Bertz CT molecular complexity index is 297. The van der Waals surface area contributed by atoms with E-state index in [-0.39, 0.29) is 0 Å². The molecule has 0 amide bonds. The molecular formula is C14H24N2. The Morgan fingerprint density at radius 3 is 2.69 bits per heavy atom. The van der Waals surface area contributed by atoms with E-state index in [1.165, 1.54) is 31.2 Å². The molecule has 2 heteroatoms. The van der Waals surface area contributed by atoms with Gasteiger partial charge in [0, 0.05) is 18.3 Å². The summed E-state index contributed by atoms with van der Waals surface area (Å²) in [5.41, 5.74) is 7.97. The Labute approximate surface area is 99.2 Å². The molecule has 1 rings (SSSR count). The summed E-state index contributed by atoms with van der Waals surface area (Å²) in [4.78, 5) is 0. The predicted octanol–water partition coefficient (Wildman–Crippen LogP) is 3.33. The van der Waals surface area contributed by atoms with Crippen LogP contribution in [0.1, 0.15) is 45.1 Å². The van der Waals surface area contributed by atoms with Gasteiger partial charge in [0.25, 0.3) is 0 Å². The van der Waals surface area contributed by atoms with Crippen LogP contribution in [-0.4, -0.2) is 6.04 Å². The Kier molecular flexibility index (Phi) is 5.94. The summed E-state index contributed by atoms with van der Waals surface area (Å²) in [6.45, 7) is 5.36. The van der Waals surface area contributed by atoms with Gasteiger partial charge in [0.1, 0.15) is 0 Å². The summed E-state index contributed by atoms with van der Waals surface area (Å²) in [5.74, 6) is 0. The van der Waals surface area contributed by atoms with Gasteiger partial charge in [0.15, 0.2) is 0 Å². The molecule has 3 N–H and O–H groups in total. The zero-order valence-electron chi connectivity index (χ0n) is 10.5. The molecule has 0 aromatic heterocycles. The van der Waals surface area contributed by atoms with Crippen LogP contribution >= 0.6 is 0 Å². The first-order valence-corrected chi connectivity index (χ1v) is 6.30. The highest BCUT2D eigenvalue weighted by atomic mass is 14.9. The van der Waals surface area contributed by atoms with Crippen molar-refractivity contribution in [2.45, 2.75) is 52.1 Å². The molecule has 90 valence electrons. The topological polar surface area (TPSA) is 38.0 Å². The predicted molar refractivity (Wildman–Crippen MR) is 71.3 cm³/mol. The van der Waals surface area contributed by atoms with Crippen molar-refractivity contribution in [3.63, 3.8) is 0 Å². The fraction of sp³-hybridized carbons (Fsp3) is 0.571. The molecule has 0 saturated carbocycles. The Morgan fingerprint density at radius 2 is 2.00 bits per heavy atom. The van der Waals surface area contributed by atoms with Gasteiger partial charge in [-0.25, -0.2) is 0 Å². The lowest BCUT2D eigenvalue weighted by molar-refractivity contribution is 0.487. The van der Waals surface area contributed by atoms with Crippen LogP contribution in [-0.2, 0) is 6.54 Å². The van der Waals surface area contributed by atoms with Crippen LogP contribution in [0.4, 0.5) is 5.69 Å². The van der Waals surface area contributed by atoms with E-state index in [9.17, 15) is 0 Å². The molecule has 16 heavy (non-hydrogen) atoms. The maximum absolute atomic E-state index is 5.89. The molecule has 1 aromatic carbocycles. The number of nitrogens with one attached hydrogen (secondary N) is 1. The SMILES string of the molecule is CCCCCC(C)NCc1ccccc1N. The highest BCUT2D eigenvalue weighted by Crippen LogP contribution is 2.11. The molecule has 0 saturated heterocycles. The first-order valence-electron chi connectivity index (χ1n) is 6.30. The van der Waals surface area contributed by atoms with Crippen molar-refractivity contribution in [2.24, 2.45) is 0 Å². The van der Waals surface area contributed by atoms with E-state index >= 15 is 0 Å². The van der Waals surface area contributed by atoms with Crippen molar-refractivity contribution in [3.05, 3.63) is 29.8 Å². The summed E-state index contributed by atoms with van der Waals surface area (Å²) in [5, 5.41) is 3.52. The number of para-hydroxylation sites is 1. The van der Waals surface area contributed by atoms with Gasteiger partial charge < -0.3 is 11.1 Å². The fourth-order valence-electron chi connectivity index (χ4n) is 1.78. The third-order valence-corrected chi connectivity index (χ3v) is 2.94. The van der Waals surface area contributed by atoms with Crippen molar-refractivity contribution >= 4 is 5.69 Å². The number of nitrogen functional groups attached to an aromatic ring is 1. The number of anilines is 1. The van der Waals surface area contributed by atoms with Crippen LogP contribution in [0.25, 0.3) is 0 Å². The Morgan fingerprint density at radius 1 is 1.25 bits per heavy atom. The molecule has 1 atom stereocenters. The minimum Gasteiger partial charge on any atom is -0.398 e. The van der Waals surface area contributed by atoms with Crippen molar-refractivity contribution in [3.8, 4) is 0 Å². The van der Waals surface area contributed by atoms with Crippen LogP contribution in [0.2, 0.25) is 0 Å². The second kappa shape index (κ2) is 7.29. The normalized spacial score (nSPS) is 12.6. The molecule has 0 bridgehead atoms. The minimum absolute atomic E-state index is 0.575. The third-order valence-electron chi connectivity index (χ3n) is 2.94. The van der Waals surface area contributed by atoms with Crippen molar-refractivity contribution in [1.29, 1.82) is 0 Å². The van der Waals surface area contributed by atoms with E-state index in [0.29, 0.717) is 6.04 Å². The molecular weight excluding hydrogens is 196 g/mol. The number of benzene rings is 1. The Hall–Kier alpha value is -1.02. The largest absolute Gasteiger partial charge is 0.398 e. The Balaban J connectivity index is 2.26. The van der Waals surface area contributed by atoms with Crippen LogP contribution in [0.5, 0.6) is 0 Å². The first-order chi connectivity index (χ1) is 7.74. The molecule has 0 radical (unpaired) electrons. The van der Waals surface area contributed by atoms with Crippen LogP contribution < -0.4 is 11.1 Å². The molecule has 0 fully saturated rings. The van der Waals surface area contributed by atoms with Gasteiger partial charge in [-0.15, -0.1) is 0 Å². The second-order valence-corrected chi connectivity index (χ2v) is 4.48. The number of hydrogen-bond acceptors (Lipinski definition) is 2. The van der Waals surface area contributed by atoms with E-state index in [1.54, 1.807) is 0 Å². The average molecular weight is 220 g/mol. The molecule has 0 aliphatic carbocycles. The first kappa shape index (κ1) is 13.0. The molecule has 1 aromatic rings. The third kappa shape index (κ3) is 4.67. The van der Waals surface area contributed by atoms with Crippen molar-refractivity contribution < 1.29 is 0 Å². The molecule has 0 spiro atoms. The lowest BCUT2D eigenvalue weighted by Gasteiger charge is -2.14. The molecule has 1 unspecified atom stereocenters. The summed E-state index contributed by atoms with van der Waals surface area (Å²) < 4.78 is 0. The minimum atomic E-state index is 0.575. The van der Waals surface area contributed by atoms with Gasteiger partial charge in [-0.3, -0.25) is 0 Å². The highest BCUT2D eigenvalue weighted by molar-refractivity contribution is 5.46. The van der Waals surface area contributed by atoms with Gasteiger partial charge in [-0.1, -0.05) is 44.4 Å². The van der Waals surface area contributed by atoms with Gasteiger partial charge in [0.2, 0.25) is 0 Å². The van der Waals surface area contributed by atoms with E-state index in [4.69, 9.17) is 5.73 Å². The maximum Gasteiger partial charge on any atom is 0.0359 e. The average Bonchev–Trinajstić information content (AvgIpc) is 2.28. The quantitative estimate of drug-likeness (QED) is 0.546. The summed E-state index contributed by atoms with van der Waals surface area (Å²) in [6, 6.07) is 8.63. The summed E-state index contributed by atoms with van der Waals surface area (Å²) >= 11 is 0. The lowest BCUT2D eigenvalue weighted by atomic mass is 10.1. The van der Waals surface area contributed by atoms with Crippen molar-refractivity contribution in [2.75, 3.05) is 5.73 Å². The van der Waals surface area contributed by atoms with E-state index in [0.717, 1.165) is 12.2 Å². The summed E-state index contributed by atoms with van der Waals surface area (Å²) in [6.07, 6.45) is 5.19. The van der Waals surface area contributed by atoms with E-state index in [2.05, 4.69) is 25.2 Å².